The summed E-state index contributed by atoms with van der Waals surface area (Å²) in [5, 5.41) is 55.8. The topological polar surface area (TPSA) is 253 Å². The van der Waals surface area contributed by atoms with Crippen molar-refractivity contribution in [2.45, 2.75) is 207 Å². The number of nitrogens with one attached hydrogen (secondary N) is 4. The summed E-state index contributed by atoms with van der Waals surface area (Å²) in [5.41, 5.74) is 3.52. The van der Waals surface area contributed by atoms with Crippen LogP contribution in [0.4, 0.5) is 0 Å². The Kier molecular flexibility index (Phi) is 25.9. The van der Waals surface area contributed by atoms with Crippen molar-refractivity contribution >= 4 is 35.4 Å². The Labute approximate surface area is 458 Å². The van der Waals surface area contributed by atoms with Gasteiger partial charge in [-0.2, -0.15) is 0 Å². The smallest absolute Gasteiger partial charge is 0.325 e. The van der Waals surface area contributed by atoms with Gasteiger partial charge in [-0.1, -0.05) is 135 Å². The van der Waals surface area contributed by atoms with Crippen LogP contribution in [0.3, 0.4) is 0 Å². The molecule has 0 saturated carbocycles. The fourth-order valence-corrected chi connectivity index (χ4v) is 10.3. The van der Waals surface area contributed by atoms with Crippen molar-refractivity contribution in [2.75, 3.05) is 6.54 Å². The van der Waals surface area contributed by atoms with E-state index >= 15 is 0 Å². The largest absolute Gasteiger partial charge is 0.456 e. The number of hydrazine groups is 1. The molecule has 0 radical (unpaired) electrons. The fraction of sp³-hybridized carbons (Fsp3) is 0.667. The molecule has 4 rings (SSSR count). The number of allylic oxidation sites excluding steroid dienone is 5. The van der Waals surface area contributed by atoms with Crippen LogP contribution in [0.25, 0.3) is 0 Å². The number of aliphatic hydroxyl groups is 4. The van der Waals surface area contributed by atoms with Crippen LogP contribution in [0.5, 0.6) is 0 Å². The van der Waals surface area contributed by atoms with Gasteiger partial charge in [-0.15, -0.1) is 0 Å². The second-order valence-electron chi connectivity index (χ2n) is 22.5. The van der Waals surface area contributed by atoms with Crippen molar-refractivity contribution in [3.63, 3.8) is 0 Å². The summed E-state index contributed by atoms with van der Waals surface area (Å²) in [4.78, 5) is 82.1. The van der Waals surface area contributed by atoms with Crippen LogP contribution in [0, 0.1) is 41.4 Å². The first-order chi connectivity index (χ1) is 36.4. The standard InChI is InChI=1S/C60H93N5O12/c1-12-37(5)55(71)63-60(13-2)43(11)53(69)42(10)51(77-60)35-49(68)38(6)24-17-14-18-25-39(7)50-30-22-16-21-29-48(67)41(9)54(70)45(32-31-40(8)66)56(72)62-52(36(3)4)57(73)61-47(34-44-26-19-15-20-27-44)58(74)65-33-23-28-46(64-65)59(75)76-50/h14-16,18-22,25-27,29,36-38,41-43,45-54,64,67-70H,12-13,17,23-24,28,30-35H2,1-11H3,(H,61,73)(H,62,72)(H,63,71). The number of carbonyl (C=O) groups excluding carboxylic acids is 6. The molecular weight excluding hydrogens is 983 g/mol. The van der Waals surface area contributed by atoms with Crippen LogP contribution in [-0.4, -0.2) is 128 Å². The van der Waals surface area contributed by atoms with Gasteiger partial charge in [0.15, 0.2) is 0 Å². The van der Waals surface area contributed by atoms with E-state index in [0.29, 0.717) is 38.5 Å². The molecule has 0 aromatic heterocycles. The lowest BCUT2D eigenvalue weighted by molar-refractivity contribution is -0.242. The van der Waals surface area contributed by atoms with Crippen LogP contribution in [0.15, 0.2) is 78.4 Å². The Hall–Kier alpha value is -5.04. The molecule has 430 valence electrons. The lowest BCUT2D eigenvalue weighted by Gasteiger charge is -2.51. The van der Waals surface area contributed by atoms with Gasteiger partial charge in [0.25, 0.3) is 5.91 Å². The van der Waals surface area contributed by atoms with Crippen LogP contribution in [0.1, 0.15) is 146 Å². The van der Waals surface area contributed by atoms with Crippen LogP contribution >= 0.6 is 0 Å². The molecule has 3 aliphatic heterocycles. The molecule has 0 aliphatic carbocycles. The number of aliphatic hydroxyl groups excluding tert-OH is 4. The molecule has 0 spiro atoms. The van der Waals surface area contributed by atoms with Crippen molar-refractivity contribution in [3.05, 3.63) is 84.0 Å². The predicted octanol–water partition coefficient (Wildman–Crippen LogP) is 6.09. The maximum absolute atomic E-state index is 14.5. The molecule has 2 saturated heterocycles. The zero-order valence-electron chi connectivity index (χ0n) is 47.7. The lowest BCUT2D eigenvalue weighted by Crippen LogP contribution is -2.65. The maximum Gasteiger partial charge on any atom is 0.325 e. The highest BCUT2D eigenvalue weighted by Gasteiger charge is 2.51. The first-order valence-corrected chi connectivity index (χ1v) is 28.3. The van der Waals surface area contributed by atoms with Gasteiger partial charge in [-0.25, -0.2) is 5.43 Å². The highest BCUT2D eigenvalue weighted by molar-refractivity contribution is 5.93. The van der Waals surface area contributed by atoms with Crippen molar-refractivity contribution in [1.29, 1.82) is 0 Å². The second-order valence-corrected chi connectivity index (χ2v) is 22.5. The number of ether oxygens (including phenoxy) is 2. The third-order valence-corrected chi connectivity index (χ3v) is 16.3. The average molecular weight is 1080 g/mol. The van der Waals surface area contributed by atoms with E-state index in [1.54, 1.807) is 39.0 Å². The summed E-state index contributed by atoms with van der Waals surface area (Å²) in [7, 11) is 0. The van der Waals surface area contributed by atoms with Gasteiger partial charge in [0.1, 0.15) is 35.7 Å². The minimum atomic E-state index is -1.41. The number of cyclic esters (lactones) is 1. The number of esters is 1. The highest BCUT2D eigenvalue weighted by atomic mass is 16.5. The third-order valence-electron chi connectivity index (χ3n) is 16.3. The zero-order chi connectivity index (χ0) is 57.1. The normalized spacial score (nSPS) is 31.8. The molecule has 1 aromatic rings. The molecule has 4 amide bonds. The number of rotatable bonds is 18. The second kappa shape index (κ2) is 30.9. The monoisotopic (exact) mass is 1080 g/mol. The van der Waals surface area contributed by atoms with E-state index in [9.17, 15) is 49.2 Å². The summed E-state index contributed by atoms with van der Waals surface area (Å²) in [6, 6.07) is 6.00. The summed E-state index contributed by atoms with van der Waals surface area (Å²) in [6.07, 6.45) is 10.8. The van der Waals surface area contributed by atoms with Crippen molar-refractivity contribution in [2.24, 2.45) is 41.4 Å². The Balaban J connectivity index is 1.57. The van der Waals surface area contributed by atoms with Gasteiger partial charge in [0, 0.05) is 55.9 Å². The third kappa shape index (κ3) is 18.5. The van der Waals surface area contributed by atoms with Crippen molar-refractivity contribution < 1.29 is 58.7 Å². The van der Waals surface area contributed by atoms with Crippen molar-refractivity contribution in [1.82, 2.24) is 26.4 Å². The Bertz CT molecular complexity index is 2220. The Morgan fingerprint density at radius 2 is 1.64 bits per heavy atom. The summed E-state index contributed by atoms with van der Waals surface area (Å²) >= 11 is 0. The Morgan fingerprint density at radius 3 is 2.29 bits per heavy atom. The van der Waals surface area contributed by atoms with Gasteiger partial charge < -0.3 is 50.6 Å². The van der Waals surface area contributed by atoms with Gasteiger partial charge >= 0.3 is 5.97 Å². The highest BCUT2D eigenvalue weighted by Crippen LogP contribution is 2.40. The molecule has 16 unspecified atom stereocenters. The van der Waals surface area contributed by atoms with E-state index in [4.69, 9.17) is 9.47 Å². The van der Waals surface area contributed by atoms with E-state index in [1.807, 2.05) is 97.0 Å². The molecule has 3 aliphatic rings. The fourth-order valence-electron chi connectivity index (χ4n) is 10.3. The van der Waals surface area contributed by atoms with Gasteiger partial charge in [0.2, 0.25) is 17.7 Å². The average Bonchev–Trinajstić information content (AvgIpc) is 3.40. The number of fused-ring (bicyclic) bond motifs is 2. The quantitative estimate of drug-likeness (QED) is 0.0613. The van der Waals surface area contributed by atoms with Gasteiger partial charge in [-0.3, -0.25) is 29.0 Å². The molecule has 2 fully saturated rings. The zero-order valence-corrected chi connectivity index (χ0v) is 47.7. The number of nitrogens with zero attached hydrogens (tertiary/aromatic N) is 1. The molecule has 77 heavy (non-hydrogen) atoms. The SMILES string of the molecule is CCC(C)C(=O)NC1(CC)OC(CC(O)C(C)CCC=CC=C(C)C2CC=CC=CC(O)C(C)C(O)C(CCC(C)=O)C(=O)NC(C(C)C)C(=O)NC(Cc3ccccc3)C(=O)N3CCCC(N3)C(=O)O2)C(C)C(O)C1C. The summed E-state index contributed by atoms with van der Waals surface area (Å²) in [6.45, 7) is 20.1. The van der Waals surface area contributed by atoms with E-state index in [1.165, 1.54) is 18.0 Å². The number of hydrogen-bond acceptors (Lipinski definition) is 13. The van der Waals surface area contributed by atoms with Crippen molar-refractivity contribution in [3.8, 4) is 0 Å². The summed E-state index contributed by atoms with van der Waals surface area (Å²) < 4.78 is 12.8. The number of amides is 4. The van der Waals surface area contributed by atoms with Gasteiger partial charge in [-0.05, 0) is 81.8 Å². The van der Waals surface area contributed by atoms with E-state index in [2.05, 4.69) is 21.4 Å². The number of Topliss-reactive ketones (excluding diaryl/α,β-unsaturated/α-hetero) is 1. The predicted molar refractivity (Wildman–Crippen MR) is 296 cm³/mol. The lowest BCUT2D eigenvalue weighted by atomic mass is 9.76. The van der Waals surface area contributed by atoms with E-state index in [-0.39, 0.29) is 74.0 Å². The van der Waals surface area contributed by atoms with Gasteiger partial charge in [0.05, 0.1) is 36.4 Å². The maximum atomic E-state index is 14.5. The first-order valence-electron chi connectivity index (χ1n) is 28.3. The number of ketones is 1. The molecule has 2 bridgehead atoms. The van der Waals surface area contributed by atoms with Crippen LogP contribution in [0.2, 0.25) is 0 Å². The number of carbonyl (C=O) groups is 6. The minimum absolute atomic E-state index is 0.0168. The van der Waals surface area contributed by atoms with E-state index in [0.717, 1.165) is 11.1 Å². The molecule has 8 N–H and O–H groups in total. The molecule has 16 atom stereocenters. The summed E-state index contributed by atoms with van der Waals surface area (Å²) in [5.74, 6) is -6.13. The Morgan fingerprint density at radius 1 is 0.935 bits per heavy atom. The van der Waals surface area contributed by atoms with E-state index < -0.39 is 102 Å². The molecule has 3 heterocycles. The van der Waals surface area contributed by atoms with Crippen LogP contribution in [-0.2, 0) is 44.7 Å². The number of benzene rings is 1. The first kappa shape index (κ1) is 64.5. The molecular formula is C60H93N5O12. The molecule has 1 aromatic carbocycles. The minimum Gasteiger partial charge on any atom is -0.456 e. The molecule has 17 heteroatoms. The number of hydrogen-bond donors (Lipinski definition) is 8. The van der Waals surface area contributed by atoms with Crippen LogP contribution < -0.4 is 21.4 Å². The molecule has 17 nitrogen and oxygen atoms in total.